The fourth-order valence-electron chi connectivity index (χ4n) is 11.5. The third kappa shape index (κ3) is 7.17. The zero-order valence-electron chi connectivity index (χ0n) is 35.8. The molecule has 1 saturated carbocycles. The minimum absolute atomic E-state index is 0.0531. The lowest BCUT2D eigenvalue weighted by Crippen LogP contribution is -2.62. The number of nitrogens with one attached hydrogen (secondary N) is 1. The Morgan fingerprint density at radius 2 is 1.77 bits per heavy atom. The van der Waals surface area contributed by atoms with Gasteiger partial charge in [0.1, 0.15) is 37.6 Å². The molecule has 5 heterocycles. The van der Waals surface area contributed by atoms with E-state index in [1.807, 2.05) is 6.07 Å². The van der Waals surface area contributed by atoms with Crippen LogP contribution in [-0.2, 0) is 4.74 Å². The van der Waals surface area contributed by atoms with Crippen molar-refractivity contribution in [2.24, 2.45) is 0 Å². The number of hydrogen-bond acceptors (Lipinski definition) is 8. The van der Waals surface area contributed by atoms with Crippen LogP contribution >= 0.6 is 0 Å². The molecule has 9 rings (SSSR count). The van der Waals surface area contributed by atoms with E-state index >= 15 is 8.78 Å². The van der Waals surface area contributed by atoms with Gasteiger partial charge < -0.3 is 24.8 Å². The summed E-state index contributed by atoms with van der Waals surface area (Å²) in [5.74, 6) is 2.72. The fourth-order valence-corrected chi connectivity index (χ4v) is 16.7. The van der Waals surface area contributed by atoms with E-state index in [-0.39, 0.29) is 52.1 Å². The summed E-state index contributed by atoms with van der Waals surface area (Å²) in [7, 11) is -2.28. The van der Waals surface area contributed by atoms with Gasteiger partial charge in [-0.1, -0.05) is 59.6 Å². The summed E-state index contributed by atoms with van der Waals surface area (Å²) < 4.78 is 60.5. The normalized spacial score (nSPS) is 25.0. The molecule has 1 unspecified atom stereocenters. The fraction of sp³-hybridized carbons (Fsp3) is 0.542. The standard InChI is InChI=1S/C48H58F3N5O3Si/c1-29(2)60(30(3)4,31(5)6)19-15-38-41(50)13-8-33-20-35(57)21-40(42(33)38)37-11-12-39-44(43(37)51)52-46(59-28-48-16-7-18-56(48)24-32(22-48)23-49)53-45(39)55-25-34-14-17-47(26-55,54-34)27-58-36-9-10-36/h8,11-13,20-21,23,29-31,34,36,54,57H,7,9-10,14,16-18,22,24-28H2,1-6H3/b32-23-/t34-,47+,48?/m0/s1. The monoisotopic (exact) mass is 837 g/mol. The summed E-state index contributed by atoms with van der Waals surface area (Å²) in [6.45, 7) is 16.8. The number of ether oxygens (including phenoxy) is 2. The summed E-state index contributed by atoms with van der Waals surface area (Å²) in [5, 5.41) is 16.4. The lowest BCUT2D eigenvalue weighted by molar-refractivity contribution is 0.0606. The number of aromatic nitrogens is 2. The number of hydrogen-bond donors (Lipinski definition) is 2. The molecule has 4 aromatic rings. The van der Waals surface area contributed by atoms with E-state index in [0.29, 0.717) is 89.3 Å². The Hall–Kier alpha value is -4.15. The largest absolute Gasteiger partial charge is 0.508 e. The van der Waals surface area contributed by atoms with E-state index < -0.39 is 19.7 Å². The Labute approximate surface area is 352 Å². The quantitative estimate of drug-likeness (QED) is 0.114. The van der Waals surface area contributed by atoms with Crippen LogP contribution in [0.2, 0.25) is 16.6 Å². The van der Waals surface area contributed by atoms with Crippen LogP contribution in [-0.4, -0.2) is 90.7 Å². The van der Waals surface area contributed by atoms with Gasteiger partial charge in [0.2, 0.25) is 0 Å². The number of rotatable bonds is 11. The third-order valence-corrected chi connectivity index (χ3v) is 20.8. The van der Waals surface area contributed by atoms with Crippen LogP contribution < -0.4 is 15.0 Å². The number of aromatic hydroxyl groups is 1. The van der Waals surface area contributed by atoms with Crippen LogP contribution in [0.15, 0.2) is 48.3 Å². The van der Waals surface area contributed by atoms with Gasteiger partial charge in [0.05, 0.1) is 35.7 Å². The first-order valence-corrected chi connectivity index (χ1v) is 24.3. The van der Waals surface area contributed by atoms with Crippen molar-refractivity contribution in [2.75, 3.05) is 44.3 Å². The first kappa shape index (κ1) is 41.2. The Morgan fingerprint density at radius 3 is 2.50 bits per heavy atom. The number of nitrogens with zero attached hydrogens (tertiary/aromatic N) is 4. The van der Waals surface area contributed by atoms with Gasteiger partial charge in [-0.2, -0.15) is 9.97 Å². The highest BCUT2D eigenvalue weighted by Gasteiger charge is 2.49. The van der Waals surface area contributed by atoms with E-state index in [9.17, 15) is 9.50 Å². The summed E-state index contributed by atoms with van der Waals surface area (Å²) in [6.07, 6.45) is 7.59. The highest BCUT2D eigenvalue weighted by molar-refractivity contribution is 6.90. The summed E-state index contributed by atoms with van der Waals surface area (Å²) in [4.78, 5) is 14.3. The zero-order chi connectivity index (χ0) is 42.1. The van der Waals surface area contributed by atoms with Crippen LogP contribution in [0.3, 0.4) is 0 Å². The molecule has 2 bridgehead atoms. The first-order chi connectivity index (χ1) is 28.7. The SMILES string of the molecule is CC(C)[Si](C#Cc1c(F)ccc2cc(O)cc(-c3ccc4c(N5C[C@@H]6CC[C@](COC7CC7)(C5)N6)nc(OCC56CCCN5C/C(=C\F)C6)nc4c3F)c12)(C(C)C)C(C)C. The maximum absolute atomic E-state index is 17.7. The molecule has 4 aliphatic heterocycles. The van der Waals surface area contributed by atoms with Crippen molar-refractivity contribution in [3.63, 3.8) is 0 Å². The van der Waals surface area contributed by atoms with Crippen LogP contribution in [0, 0.1) is 23.1 Å². The van der Waals surface area contributed by atoms with Gasteiger partial charge in [-0.3, -0.25) is 4.90 Å². The second-order valence-electron chi connectivity index (χ2n) is 19.3. The Bertz CT molecular complexity index is 2410. The summed E-state index contributed by atoms with van der Waals surface area (Å²) in [5.41, 5.74) is 5.53. The molecule has 2 N–H and O–H groups in total. The molecule has 8 nitrogen and oxygen atoms in total. The zero-order valence-corrected chi connectivity index (χ0v) is 36.8. The average molecular weight is 838 g/mol. The molecule has 4 saturated heterocycles. The molecular formula is C48H58F3N5O3Si. The van der Waals surface area contributed by atoms with E-state index in [1.54, 1.807) is 18.2 Å². The Kier molecular flexibility index (Phi) is 10.7. The average Bonchev–Trinajstić information content (AvgIpc) is 3.77. The van der Waals surface area contributed by atoms with Gasteiger partial charge in [-0.05, 0) is 109 Å². The molecule has 3 aromatic carbocycles. The molecule has 318 valence electrons. The lowest BCUT2D eigenvalue weighted by atomic mass is 9.93. The van der Waals surface area contributed by atoms with Crippen molar-refractivity contribution in [3.05, 3.63) is 65.5 Å². The van der Waals surface area contributed by atoms with Gasteiger partial charge in [-0.15, -0.1) is 5.54 Å². The van der Waals surface area contributed by atoms with Gasteiger partial charge in [0.15, 0.2) is 5.82 Å². The molecule has 0 radical (unpaired) electrons. The van der Waals surface area contributed by atoms with Crippen LogP contribution in [0.4, 0.5) is 19.0 Å². The molecule has 5 fully saturated rings. The van der Waals surface area contributed by atoms with Gasteiger partial charge in [0.25, 0.3) is 0 Å². The number of piperazine rings is 1. The molecule has 60 heavy (non-hydrogen) atoms. The molecular weight excluding hydrogens is 780 g/mol. The van der Waals surface area contributed by atoms with Crippen molar-refractivity contribution in [3.8, 4) is 34.4 Å². The summed E-state index contributed by atoms with van der Waals surface area (Å²) >= 11 is 0. The molecule has 0 spiro atoms. The molecule has 1 aromatic heterocycles. The van der Waals surface area contributed by atoms with Crippen molar-refractivity contribution in [2.45, 2.75) is 126 Å². The number of anilines is 1. The van der Waals surface area contributed by atoms with E-state index in [2.05, 4.69) is 68.1 Å². The smallest absolute Gasteiger partial charge is 0.319 e. The van der Waals surface area contributed by atoms with E-state index in [1.165, 1.54) is 12.1 Å². The predicted octanol–water partition coefficient (Wildman–Crippen LogP) is 9.96. The molecule has 3 atom stereocenters. The minimum atomic E-state index is -2.28. The maximum Gasteiger partial charge on any atom is 0.319 e. The van der Waals surface area contributed by atoms with Crippen molar-refractivity contribution < 1.29 is 27.8 Å². The number of halogens is 3. The predicted molar refractivity (Wildman–Crippen MR) is 235 cm³/mol. The lowest BCUT2D eigenvalue weighted by Gasteiger charge is -2.42. The second kappa shape index (κ2) is 15.6. The molecule has 0 amide bonds. The third-order valence-electron chi connectivity index (χ3n) is 14.5. The van der Waals surface area contributed by atoms with E-state index in [0.717, 1.165) is 50.6 Å². The Balaban J connectivity index is 1.18. The van der Waals surface area contributed by atoms with Crippen LogP contribution in [0.25, 0.3) is 32.8 Å². The van der Waals surface area contributed by atoms with Gasteiger partial charge in [0, 0.05) is 42.0 Å². The summed E-state index contributed by atoms with van der Waals surface area (Å²) in [6, 6.07) is 9.86. The van der Waals surface area contributed by atoms with Crippen molar-refractivity contribution >= 4 is 35.6 Å². The minimum Gasteiger partial charge on any atom is -0.508 e. The first-order valence-electron chi connectivity index (χ1n) is 22.0. The van der Waals surface area contributed by atoms with Crippen LogP contribution in [0.5, 0.6) is 11.8 Å². The molecule has 5 aliphatic rings. The van der Waals surface area contributed by atoms with E-state index in [4.69, 9.17) is 19.4 Å². The van der Waals surface area contributed by atoms with Crippen molar-refractivity contribution in [1.29, 1.82) is 0 Å². The number of fused-ring (bicyclic) bond motifs is 5. The highest BCUT2D eigenvalue weighted by Crippen LogP contribution is 2.45. The number of phenols is 1. The second-order valence-corrected chi connectivity index (χ2v) is 24.9. The number of benzene rings is 3. The Morgan fingerprint density at radius 1 is 0.983 bits per heavy atom. The van der Waals surface area contributed by atoms with Gasteiger partial charge in [-0.25, -0.2) is 13.2 Å². The maximum atomic E-state index is 17.7. The van der Waals surface area contributed by atoms with Crippen molar-refractivity contribution in [1.82, 2.24) is 20.2 Å². The number of phenolic OH excluding ortho intramolecular Hbond substituents is 1. The van der Waals surface area contributed by atoms with Crippen LogP contribution in [0.1, 0.15) is 92.1 Å². The highest BCUT2D eigenvalue weighted by atomic mass is 28.3. The molecule has 12 heteroatoms. The van der Waals surface area contributed by atoms with Gasteiger partial charge >= 0.3 is 6.01 Å². The molecule has 1 aliphatic carbocycles. The topological polar surface area (TPSA) is 83.0 Å².